The number of ether oxygens (including phenoxy) is 2. The van der Waals surface area contributed by atoms with E-state index in [0.29, 0.717) is 40.4 Å². The van der Waals surface area contributed by atoms with Gasteiger partial charge in [0.05, 0.1) is 25.0 Å². The van der Waals surface area contributed by atoms with Gasteiger partial charge in [0.15, 0.2) is 0 Å². The zero-order valence-corrected chi connectivity index (χ0v) is 16.2. The van der Waals surface area contributed by atoms with Crippen LogP contribution in [0.25, 0.3) is 0 Å². The van der Waals surface area contributed by atoms with Crippen LogP contribution in [0.3, 0.4) is 0 Å². The molecule has 0 spiro atoms. The zero-order valence-electron chi connectivity index (χ0n) is 15.4. The molecule has 0 aliphatic rings. The largest absolute Gasteiger partial charge is 0.495 e. The molecule has 2 N–H and O–H groups in total. The second kappa shape index (κ2) is 9.05. The maximum Gasteiger partial charge on any atom is 0.338 e. The van der Waals surface area contributed by atoms with Crippen molar-refractivity contribution in [2.75, 3.05) is 24.4 Å². The van der Waals surface area contributed by atoms with Crippen molar-refractivity contribution < 1.29 is 14.3 Å². The van der Waals surface area contributed by atoms with Gasteiger partial charge in [-0.1, -0.05) is 11.6 Å². The number of hydrogen-bond donors (Lipinski definition) is 2. The number of carbonyl (C=O) groups is 1. The Bertz CT molecular complexity index is 964. The summed E-state index contributed by atoms with van der Waals surface area (Å²) in [4.78, 5) is 20.4. The molecule has 0 aliphatic heterocycles. The molecule has 0 unspecified atom stereocenters. The number of esters is 1. The average Bonchev–Trinajstić information content (AvgIpc) is 2.69. The molecule has 2 aromatic carbocycles. The zero-order chi connectivity index (χ0) is 19.9. The van der Waals surface area contributed by atoms with E-state index in [0.717, 1.165) is 5.69 Å². The molecule has 0 bridgehead atoms. The number of benzene rings is 2. The number of nitrogens with one attached hydrogen (secondary N) is 2. The van der Waals surface area contributed by atoms with Crippen molar-refractivity contribution in [3.63, 3.8) is 0 Å². The Kier molecular flexibility index (Phi) is 6.29. The summed E-state index contributed by atoms with van der Waals surface area (Å²) in [6, 6.07) is 13.9. The molecule has 0 radical (unpaired) electrons. The quantitative estimate of drug-likeness (QED) is 0.552. The van der Waals surface area contributed by atoms with E-state index in [1.54, 1.807) is 68.8 Å². The van der Waals surface area contributed by atoms with Crippen LogP contribution in [-0.2, 0) is 4.74 Å². The number of aromatic nitrogens is 2. The van der Waals surface area contributed by atoms with E-state index in [4.69, 9.17) is 21.1 Å². The first kappa shape index (κ1) is 19.4. The van der Waals surface area contributed by atoms with Crippen LogP contribution < -0.4 is 15.4 Å². The predicted molar refractivity (Wildman–Crippen MR) is 109 cm³/mol. The van der Waals surface area contributed by atoms with Gasteiger partial charge in [-0.15, -0.1) is 0 Å². The van der Waals surface area contributed by atoms with Crippen molar-refractivity contribution in [3.8, 4) is 5.75 Å². The van der Waals surface area contributed by atoms with Crippen LogP contribution >= 0.6 is 11.6 Å². The number of halogens is 1. The van der Waals surface area contributed by atoms with Gasteiger partial charge in [0.25, 0.3) is 0 Å². The minimum atomic E-state index is -0.349. The Balaban J connectivity index is 1.73. The fraction of sp³-hybridized carbons (Fsp3) is 0.150. The van der Waals surface area contributed by atoms with E-state index in [1.807, 2.05) is 0 Å². The maximum absolute atomic E-state index is 11.7. The maximum atomic E-state index is 11.7. The molecular weight excluding hydrogens is 380 g/mol. The molecule has 8 heteroatoms. The summed E-state index contributed by atoms with van der Waals surface area (Å²) in [7, 11) is 1.58. The van der Waals surface area contributed by atoms with Crippen LogP contribution in [0.5, 0.6) is 5.75 Å². The monoisotopic (exact) mass is 398 g/mol. The molecule has 3 rings (SSSR count). The highest BCUT2D eigenvalue weighted by Gasteiger charge is 2.08. The smallest absolute Gasteiger partial charge is 0.338 e. The fourth-order valence-corrected chi connectivity index (χ4v) is 2.61. The van der Waals surface area contributed by atoms with E-state index in [1.165, 1.54) is 0 Å². The summed E-state index contributed by atoms with van der Waals surface area (Å²) in [6.45, 7) is 2.11. The Morgan fingerprint density at radius 3 is 2.61 bits per heavy atom. The van der Waals surface area contributed by atoms with E-state index in [9.17, 15) is 4.79 Å². The van der Waals surface area contributed by atoms with Crippen LogP contribution in [0.1, 0.15) is 17.3 Å². The summed E-state index contributed by atoms with van der Waals surface area (Å²) in [5.41, 5.74) is 1.93. The summed E-state index contributed by atoms with van der Waals surface area (Å²) >= 11 is 6.05. The van der Waals surface area contributed by atoms with Crippen molar-refractivity contribution in [2.24, 2.45) is 0 Å². The second-order valence-corrected chi connectivity index (χ2v) is 6.09. The molecule has 1 heterocycles. The van der Waals surface area contributed by atoms with E-state index in [2.05, 4.69) is 20.6 Å². The molecule has 3 aromatic rings. The summed E-state index contributed by atoms with van der Waals surface area (Å²) in [6.07, 6.45) is 1.63. The average molecular weight is 399 g/mol. The molecule has 7 nitrogen and oxygen atoms in total. The lowest BCUT2D eigenvalue weighted by atomic mass is 10.2. The van der Waals surface area contributed by atoms with Gasteiger partial charge >= 0.3 is 5.97 Å². The molecule has 28 heavy (non-hydrogen) atoms. The highest BCUT2D eigenvalue weighted by atomic mass is 35.5. The first-order valence-electron chi connectivity index (χ1n) is 8.57. The normalized spacial score (nSPS) is 10.2. The molecule has 0 aliphatic carbocycles. The highest BCUT2D eigenvalue weighted by Crippen LogP contribution is 2.29. The fourth-order valence-electron chi connectivity index (χ4n) is 2.44. The Labute approximate surface area is 167 Å². The third-order valence-corrected chi connectivity index (χ3v) is 3.97. The molecule has 144 valence electrons. The van der Waals surface area contributed by atoms with Gasteiger partial charge in [0, 0.05) is 16.9 Å². The molecular formula is C20H19ClN4O3. The highest BCUT2D eigenvalue weighted by molar-refractivity contribution is 6.31. The predicted octanol–water partition coefficient (Wildman–Crippen LogP) is 4.80. The van der Waals surface area contributed by atoms with Crippen LogP contribution in [-0.4, -0.2) is 29.7 Å². The third kappa shape index (κ3) is 4.89. The summed E-state index contributed by atoms with van der Waals surface area (Å²) in [5, 5.41) is 6.83. The van der Waals surface area contributed by atoms with Gasteiger partial charge in [0.1, 0.15) is 11.6 Å². The van der Waals surface area contributed by atoms with Crippen LogP contribution in [0, 0.1) is 0 Å². The number of nitrogens with zero attached hydrogens (tertiary/aromatic N) is 2. The van der Waals surface area contributed by atoms with Gasteiger partial charge in [-0.3, -0.25) is 0 Å². The van der Waals surface area contributed by atoms with Gasteiger partial charge in [-0.05, 0) is 55.5 Å². The van der Waals surface area contributed by atoms with Gasteiger partial charge in [-0.25, -0.2) is 9.78 Å². The van der Waals surface area contributed by atoms with Crippen molar-refractivity contribution in [3.05, 3.63) is 65.3 Å². The first-order valence-corrected chi connectivity index (χ1v) is 8.94. The molecule has 0 saturated carbocycles. The van der Waals surface area contributed by atoms with Crippen molar-refractivity contribution in [1.82, 2.24) is 9.97 Å². The Morgan fingerprint density at radius 1 is 1.11 bits per heavy atom. The van der Waals surface area contributed by atoms with Crippen molar-refractivity contribution in [1.29, 1.82) is 0 Å². The van der Waals surface area contributed by atoms with E-state index < -0.39 is 0 Å². The topological polar surface area (TPSA) is 85.4 Å². The SMILES string of the molecule is CCOC(=O)c1ccc(Nc2ccnc(Nc3cc(Cl)ccc3OC)n2)cc1. The number of carbonyl (C=O) groups excluding carboxylic acids is 1. The van der Waals surface area contributed by atoms with Crippen LogP contribution in [0.2, 0.25) is 5.02 Å². The lowest BCUT2D eigenvalue weighted by molar-refractivity contribution is 0.0526. The minimum Gasteiger partial charge on any atom is -0.495 e. The van der Waals surface area contributed by atoms with Crippen molar-refractivity contribution in [2.45, 2.75) is 6.92 Å². The number of hydrogen-bond acceptors (Lipinski definition) is 7. The Morgan fingerprint density at radius 2 is 1.89 bits per heavy atom. The molecule has 0 fully saturated rings. The first-order chi connectivity index (χ1) is 13.6. The molecule has 0 saturated heterocycles. The molecule has 0 atom stereocenters. The number of rotatable bonds is 7. The molecule has 1 aromatic heterocycles. The summed E-state index contributed by atoms with van der Waals surface area (Å²) < 4.78 is 10.3. The van der Waals surface area contributed by atoms with Crippen LogP contribution in [0.15, 0.2) is 54.7 Å². The van der Waals surface area contributed by atoms with E-state index >= 15 is 0 Å². The van der Waals surface area contributed by atoms with Gasteiger partial charge < -0.3 is 20.1 Å². The van der Waals surface area contributed by atoms with Gasteiger partial charge in [-0.2, -0.15) is 4.98 Å². The lowest BCUT2D eigenvalue weighted by Crippen LogP contribution is -2.04. The second-order valence-electron chi connectivity index (χ2n) is 5.66. The van der Waals surface area contributed by atoms with Crippen molar-refractivity contribution >= 4 is 40.7 Å². The Hall–Kier alpha value is -3.32. The third-order valence-electron chi connectivity index (χ3n) is 3.73. The number of methoxy groups -OCH3 is 1. The standard InChI is InChI=1S/C20H19ClN4O3/c1-3-28-19(26)13-4-7-15(8-5-13)23-18-10-11-22-20(25-18)24-16-12-14(21)6-9-17(16)27-2/h4-12H,3H2,1-2H3,(H2,22,23,24,25). The van der Waals surface area contributed by atoms with Crippen LogP contribution in [0.4, 0.5) is 23.1 Å². The number of anilines is 4. The molecule has 0 amide bonds. The lowest BCUT2D eigenvalue weighted by Gasteiger charge is -2.11. The van der Waals surface area contributed by atoms with E-state index in [-0.39, 0.29) is 5.97 Å². The van der Waals surface area contributed by atoms with Gasteiger partial charge in [0.2, 0.25) is 5.95 Å². The minimum absolute atomic E-state index is 0.340. The summed E-state index contributed by atoms with van der Waals surface area (Å²) in [5.74, 6) is 1.25.